The van der Waals surface area contributed by atoms with Gasteiger partial charge in [0.05, 0.1) is 38.1 Å². The number of hydrogen-bond donors (Lipinski definition) is 6. The number of allylic oxidation sites excluding steroid dienone is 12. The molecule has 0 radical (unpaired) electrons. The van der Waals surface area contributed by atoms with Gasteiger partial charge in [-0.1, -0.05) is 137 Å². The second-order valence-corrected chi connectivity index (χ2v) is 15.3. The molecule has 0 aromatic carbocycles. The Labute approximate surface area is 347 Å². The van der Waals surface area contributed by atoms with E-state index in [0.717, 1.165) is 77.0 Å². The van der Waals surface area contributed by atoms with Gasteiger partial charge in [0.25, 0.3) is 0 Å². The highest BCUT2D eigenvalue weighted by molar-refractivity contribution is 7.47. The monoisotopic (exact) mass is 840 g/mol. The maximum Gasteiger partial charge on any atom is 0.472 e. The van der Waals surface area contributed by atoms with E-state index in [1.807, 2.05) is 0 Å². The fourth-order valence-electron chi connectivity index (χ4n) is 5.04. The van der Waals surface area contributed by atoms with Crippen molar-refractivity contribution < 1.29 is 63.1 Å². The molecule has 13 nitrogen and oxygen atoms in total. The lowest BCUT2D eigenvalue weighted by Gasteiger charge is -2.20. The van der Waals surface area contributed by atoms with Crippen LogP contribution in [-0.4, -0.2) is 99.3 Å². The van der Waals surface area contributed by atoms with Crippen molar-refractivity contribution in [1.82, 2.24) is 0 Å². The number of aliphatic hydroxyl groups excluding tert-OH is 5. The maximum absolute atomic E-state index is 12.6. The van der Waals surface area contributed by atoms with Crippen LogP contribution in [0.4, 0.5) is 0 Å². The Balaban J connectivity index is 4.71. The summed E-state index contributed by atoms with van der Waals surface area (Å²) in [6.07, 6.45) is 33.4. The van der Waals surface area contributed by atoms with E-state index < -0.39 is 76.7 Å². The molecule has 0 aliphatic carbocycles. The van der Waals surface area contributed by atoms with Crippen LogP contribution in [0.1, 0.15) is 123 Å². The lowest BCUT2D eigenvalue weighted by atomic mass is 10.1. The zero-order valence-corrected chi connectivity index (χ0v) is 35.7. The van der Waals surface area contributed by atoms with E-state index in [2.05, 4.69) is 54.8 Å². The van der Waals surface area contributed by atoms with Gasteiger partial charge in [-0.15, -0.1) is 0 Å². The van der Waals surface area contributed by atoms with Gasteiger partial charge in [0.15, 0.2) is 6.10 Å². The van der Waals surface area contributed by atoms with Crippen molar-refractivity contribution in [1.29, 1.82) is 0 Å². The third kappa shape index (κ3) is 36.1. The number of ether oxygens (including phenoxy) is 2. The third-order valence-corrected chi connectivity index (χ3v) is 9.35. The molecule has 0 rings (SSSR count). The summed E-state index contributed by atoms with van der Waals surface area (Å²) in [4.78, 5) is 35.0. The zero-order chi connectivity index (χ0) is 43.1. The van der Waals surface area contributed by atoms with Crippen LogP contribution in [0, 0.1) is 0 Å². The van der Waals surface area contributed by atoms with Gasteiger partial charge in [-0.2, -0.15) is 0 Å². The Morgan fingerprint density at radius 3 is 1.93 bits per heavy atom. The summed E-state index contributed by atoms with van der Waals surface area (Å²) in [6.45, 7) is 1.71. The van der Waals surface area contributed by atoms with E-state index in [4.69, 9.17) is 19.1 Å². The Kier molecular flexibility index (Phi) is 36.3. The molecule has 0 aliphatic rings. The van der Waals surface area contributed by atoms with E-state index in [0.29, 0.717) is 6.42 Å². The molecule has 6 atom stereocenters. The lowest BCUT2D eigenvalue weighted by molar-refractivity contribution is -0.161. The van der Waals surface area contributed by atoms with E-state index >= 15 is 0 Å². The second kappa shape index (κ2) is 38.2. The van der Waals surface area contributed by atoms with Crippen LogP contribution in [-0.2, 0) is 32.7 Å². The van der Waals surface area contributed by atoms with Gasteiger partial charge in [0.2, 0.25) is 0 Å². The number of esters is 2. The second-order valence-electron chi connectivity index (χ2n) is 13.8. The van der Waals surface area contributed by atoms with Crippen molar-refractivity contribution in [2.24, 2.45) is 0 Å². The van der Waals surface area contributed by atoms with Crippen LogP contribution in [0.25, 0.3) is 0 Å². The SMILES string of the molecule is CC/C=C\C/C=C\C/C=C\CCCCCCCC(=O)OC[C@H](COP(=O)(O)OC[C@@H](O)CO)OC(=O)CCC[C@H](O)[C@@H](O)/C=C/C=C/C=C\C=C\[C@@H](O)CCCCC. The molecule has 0 saturated heterocycles. The highest BCUT2D eigenvalue weighted by atomic mass is 31.2. The maximum atomic E-state index is 12.6. The summed E-state index contributed by atoms with van der Waals surface area (Å²) in [5, 5.41) is 48.8. The summed E-state index contributed by atoms with van der Waals surface area (Å²) < 4.78 is 32.4. The minimum atomic E-state index is -4.72. The largest absolute Gasteiger partial charge is 0.472 e. The molecule has 332 valence electrons. The van der Waals surface area contributed by atoms with Crippen molar-refractivity contribution in [3.8, 4) is 0 Å². The smallest absolute Gasteiger partial charge is 0.462 e. The molecule has 0 aromatic heterocycles. The fraction of sp³-hybridized carbons (Fsp3) is 0.636. The standard InChI is InChI=1S/C44H73O13P/c1-3-5-7-8-9-10-11-12-13-14-15-16-17-22-26-32-43(50)54-36-40(37-56-58(52,53)55-35-39(47)34-45)57-44(51)33-27-31-42(49)41(48)30-25-21-19-18-20-24-29-38(46)28-23-6-4-2/h5,7,9-10,12-13,18-21,24-25,29-30,38-42,45-49H,3-4,6,8,11,14-17,22-23,26-28,31-37H2,1-2H3,(H,52,53)/b7-5-,10-9-,13-12-,20-18-,21-19+,29-24+,30-25+/t38-,39-,40+,41-,42-/m0/s1. The Morgan fingerprint density at radius 1 is 0.638 bits per heavy atom. The van der Waals surface area contributed by atoms with Crippen LogP contribution in [0.15, 0.2) is 85.1 Å². The predicted octanol–water partition coefficient (Wildman–Crippen LogP) is 7.58. The van der Waals surface area contributed by atoms with Crippen molar-refractivity contribution in [3.05, 3.63) is 85.1 Å². The number of aliphatic hydroxyl groups is 5. The van der Waals surface area contributed by atoms with E-state index in [1.165, 1.54) is 6.08 Å². The first kappa shape index (κ1) is 55.0. The average molecular weight is 841 g/mol. The van der Waals surface area contributed by atoms with E-state index in [9.17, 15) is 39.5 Å². The highest BCUT2D eigenvalue weighted by Crippen LogP contribution is 2.43. The first-order chi connectivity index (χ1) is 27.9. The first-order valence-corrected chi connectivity index (χ1v) is 22.4. The van der Waals surface area contributed by atoms with Crippen molar-refractivity contribution in [3.63, 3.8) is 0 Å². The Morgan fingerprint density at radius 2 is 1.24 bits per heavy atom. The van der Waals surface area contributed by atoms with Gasteiger partial charge in [0.1, 0.15) is 12.7 Å². The number of carbonyl (C=O) groups excluding carboxylic acids is 2. The molecule has 58 heavy (non-hydrogen) atoms. The Hall–Kier alpha value is -2.97. The first-order valence-electron chi connectivity index (χ1n) is 20.9. The van der Waals surface area contributed by atoms with Crippen LogP contribution in [0.5, 0.6) is 0 Å². The van der Waals surface area contributed by atoms with Crippen LogP contribution < -0.4 is 0 Å². The van der Waals surface area contributed by atoms with Crippen molar-refractivity contribution in [2.45, 2.75) is 154 Å². The van der Waals surface area contributed by atoms with Gasteiger partial charge in [0, 0.05) is 12.8 Å². The molecule has 0 saturated carbocycles. The molecule has 0 bridgehead atoms. The molecular formula is C44H73O13P. The number of phosphoric ester groups is 1. The topological polar surface area (TPSA) is 210 Å². The number of rotatable bonds is 37. The van der Waals surface area contributed by atoms with Gasteiger partial charge < -0.3 is 39.9 Å². The molecule has 6 N–H and O–H groups in total. The summed E-state index contributed by atoms with van der Waals surface area (Å²) >= 11 is 0. The van der Waals surface area contributed by atoms with Crippen LogP contribution in [0.3, 0.4) is 0 Å². The zero-order valence-electron chi connectivity index (χ0n) is 34.8. The molecule has 0 aliphatic heterocycles. The number of phosphoric acid groups is 1. The average Bonchev–Trinajstić information content (AvgIpc) is 3.20. The molecule has 0 heterocycles. The molecule has 14 heteroatoms. The van der Waals surface area contributed by atoms with Gasteiger partial charge in [-0.25, -0.2) is 4.57 Å². The molecule has 0 spiro atoms. The Bertz CT molecular complexity index is 1290. The highest BCUT2D eigenvalue weighted by Gasteiger charge is 2.27. The van der Waals surface area contributed by atoms with Crippen LogP contribution >= 0.6 is 7.82 Å². The normalized spacial score (nSPS) is 16.3. The van der Waals surface area contributed by atoms with Gasteiger partial charge >= 0.3 is 19.8 Å². The quantitative estimate of drug-likeness (QED) is 0.0117. The summed E-state index contributed by atoms with van der Waals surface area (Å²) in [7, 11) is -4.72. The number of unbranched alkanes of at least 4 members (excludes halogenated alkanes) is 7. The molecular weight excluding hydrogens is 767 g/mol. The minimum absolute atomic E-state index is 0.0599. The van der Waals surface area contributed by atoms with E-state index in [-0.39, 0.29) is 25.7 Å². The minimum Gasteiger partial charge on any atom is -0.462 e. The number of hydrogen-bond acceptors (Lipinski definition) is 12. The lowest BCUT2D eigenvalue weighted by Crippen LogP contribution is -2.30. The summed E-state index contributed by atoms with van der Waals surface area (Å²) in [6, 6.07) is 0. The predicted molar refractivity (Wildman–Crippen MR) is 227 cm³/mol. The molecule has 0 fully saturated rings. The van der Waals surface area contributed by atoms with Crippen molar-refractivity contribution in [2.75, 3.05) is 26.4 Å². The fourth-order valence-corrected chi connectivity index (χ4v) is 5.83. The number of carbonyl (C=O) groups is 2. The van der Waals surface area contributed by atoms with Gasteiger partial charge in [-0.05, 0) is 57.8 Å². The molecule has 0 aromatic rings. The summed E-state index contributed by atoms with van der Waals surface area (Å²) in [5.41, 5.74) is 0. The van der Waals surface area contributed by atoms with Crippen molar-refractivity contribution >= 4 is 19.8 Å². The van der Waals surface area contributed by atoms with E-state index in [1.54, 1.807) is 42.5 Å². The summed E-state index contributed by atoms with van der Waals surface area (Å²) in [5.74, 6) is -1.28. The third-order valence-electron chi connectivity index (χ3n) is 8.40. The molecule has 0 amide bonds. The molecule has 1 unspecified atom stereocenters. The van der Waals surface area contributed by atoms with Crippen LogP contribution in [0.2, 0.25) is 0 Å². The van der Waals surface area contributed by atoms with Gasteiger partial charge in [-0.3, -0.25) is 18.6 Å².